The Kier molecular flexibility index (Phi) is 16.4. The quantitative estimate of drug-likeness (QED) is 0.0393. The van der Waals surface area contributed by atoms with Gasteiger partial charge in [0, 0.05) is 4.91 Å². The zero-order valence-corrected chi connectivity index (χ0v) is 33.8. The number of hydrogen-bond donors (Lipinski definition) is 0. The lowest BCUT2D eigenvalue weighted by Gasteiger charge is -2.47. The third-order valence-electron chi connectivity index (χ3n) is 8.81. The molecule has 1 fully saturated rings. The van der Waals surface area contributed by atoms with Gasteiger partial charge >= 0.3 is 12.1 Å². The second-order valence-electron chi connectivity index (χ2n) is 15.5. The fourth-order valence-corrected chi connectivity index (χ4v) is 12.1. The number of ether oxygens (including phenoxy) is 4. The maximum absolute atomic E-state index is 13.2. The molecule has 282 valence electrons. The lowest BCUT2D eigenvalue weighted by molar-refractivity contribution is -0.194. The molecule has 1 aliphatic heterocycles. The molecule has 1 saturated heterocycles. The van der Waals surface area contributed by atoms with Crippen molar-refractivity contribution in [2.75, 3.05) is 12.4 Å². The summed E-state index contributed by atoms with van der Waals surface area (Å²) in [5, 5.41) is 5.97. The first-order valence-electron chi connectivity index (χ1n) is 18.3. The lowest BCUT2D eigenvalue weighted by atomic mass is 9.97. The molecule has 1 aliphatic rings. The van der Waals surface area contributed by atoms with Crippen LogP contribution < -0.4 is 10.4 Å². The molecule has 0 aromatic heterocycles. The molecule has 1 heterocycles. The second kappa shape index (κ2) is 19.7. The molecule has 10 nitrogen and oxygen atoms in total. The Morgan fingerprint density at radius 2 is 1.45 bits per heavy atom. The average molecular weight is 742 g/mol. The zero-order chi connectivity index (χ0) is 37.7. The minimum absolute atomic E-state index is 0.0357. The van der Waals surface area contributed by atoms with E-state index in [0.717, 1.165) is 35.4 Å². The highest BCUT2D eigenvalue weighted by Gasteiger charge is 2.54. The van der Waals surface area contributed by atoms with Crippen molar-refractivity contribution in [3.63, 3.8) is 0 Å². The number of carbonyl (C=O) groups excluding carboxylic acids is 2. The van der Waals surface area contributed by atoms with Crippen LogP contribution in [0.2, 0.25) is 5.04 Å². The zero-order valence-electron chi connectivity index (χ0n) is 32.0. The summed E-state index contributed by atoms with van der Waals surface area (Å²) in [6, 6.07) is 19.4. The van der Waals surface area contributed by atoms with Crippen molar-refractivity contribution in [3.05, 3.63) is 71.1 Å². The molecule has 2 aromatic rings. The van der Waals surface area contributed by atoms with Crippen LogP contribution in [0.5, 0.6) is 0 Å². The molecule has 0 unspecified atom stereocenters. The number of thioether (sulfide) groups is 1. The molecule has 12 heteroatoms. The molecule has 51 heavy (non-hydrogen) atoms. The van der Waals surface area contributed by atoms with Crippen LogP contribution in [0.15, 0.2) is 65.8 Å². The average Bonchev–Trinajstić information content (AvgIpc) is 3.06. The molecule has 0 aliphatic carbocycles. The smallest absolute Gasteiger partial charge is 0.459 e. The van der Waals surface area contributed by atoms with Gasteiger partial charge in [-0.05, 0) is 53.9 Å². The van der Waals surface area contributed by atoms with Gasteiger partial charge in [-0.1, -0.05) is 139 Å². The normalized spacial score (nSPS) is 21.1. The number of esters is 1. The number of unbranched alkanes of at least 4 members (excludes halogenated alkanes) is 5. The van der Waals surface area contributed by atoms with Crippen molar-refractivity contribution >= 4 is 42.6 Å². The third-order valence-corrected chi connectivity index (χ3v) is 15.0. The van der Waals surface area contributed by atoms with E-state index in [1.165, 1.54) is 31.0 Å². The first kappa shape index (κ1) is 42.4. The second-order valence-corrected chi connectivity index (χ2v) is 21.0. The van der Waals surface area contributed by atoms with E-state index in [0.29, 0.717) is 0 Å². The Morgan fingerprint density at radius 1 is 0.882 bits per heavy atom. The van der Waals surface area contributed by atoms with Crippen molar-refractivity contribution in [1.29, 1.82) is 0 Å². The number of carbonyl (C=O) groups is 2. The van der Waals surface area contributed by atoms with Gasteiger partial charge in [-0.25, -0.2) is 4.79 Å². The van der Waals surface area contributed by atoms with Crippen LogP contribution in [0, 0.1) is 5.92 Å². The van der Waals surface area contributed by atoms with Gasteiger partial charge in [0.05, 0.1) is 12.5 Å². The summed E-state index contributed by atoms with van der Waals surface area (Å²) in [5.41, 5.74) is 8.28. The van der Waals surface area contributed by atoms with E-state index in [2.05, 4.69) is 62.0 Å². The number of nitrogens with zero attached hydrogens (tertiary/aromatic N) is 3. The highest BCUT2D eigenvalue weighted by atomic mass is 32.2. The summed E-state index contributed by atoms with van der Waals surface area (Å²) in [6.45, 7) is 17.5. The topological polar surface area (TPSA) is 129 Å². The fraction of sp³-hybridized carbons (Fsp3) is 0.641. The summed E-state index contributed by atoms with van der Waals surface area (Å²) >= 11 is 1.50. The Labute approximate surface area is 310 Å². The van der Waals surface area contributed by atoms with E-state index < -0.39 is 61.8 Å². The maximum Gasteiger partial charge on any atom is 0.509 e. The monoisotopic (exact) mass is 741 g/mol. The predicted molar refractivity (Wildman–Crippen MR) is 207 cm³/mol. The standard InChI is InChI=1S/C39H59N3O7SSi/c1-10-11-12-13-14-21-26-50-36-34(48-37(44)49-38(4,5)6)32(41-42-40)33(47-35(43)28(2)3)31(46-36)27-45-51(39(7,8)9,29-22-17-15-18-23-29)30-24-19-16-20-25-30/h15-20,22-25,28,31-34,36H,10-14,21,26-27H2,1-9H3/t31-,32-,33-,34-,36+/m1/s1. The highest BCUT2D eigenvalue weighted by Crippen LogP contribution is 2.39. The molecule has 0 amide bonds. The van der Waals surface area contributed by atoms with Gasteiger partial charge < -0.3 is 23.4 Å². The van der Waals surface area contributed by atoms with Gasteiger partial charge in [0.2, 0.25) is 0 Å². The predicted octanol–water partition coefficient (Wildman–Crippen LogP) is 8.95. The largest absolute Gasteiger partial charge is 0.509 e. The molecule has 0 bridgehead atoms. The summed E-state index contributed by atoms with van der Waals surface area (Å²) in [6.07, 6.45) is 2.76. The Balaban J connectivity index is 2.08. The van der Waals surface area contributed by atoms with E-state index in [1.807, 2.05) is 36.4 Å². The van der Waals surface area contributed by atoms with Crippen molar-refractivity contribution < 1.29 is 33.0 Å². The summed E-state index contributed by atoms with van der Waals surface area (Å²) in [4.78, 5) is 29.5. The summed E-state index contributed by atoms with van der Waals surface area (Å²) in [5.74, 6) is -0.237. The number of hydrogen-bond acceptors (Lipinski definition) is 9. The van der Waals surface area contributed by atoms with Crippen LogP contribution >= 0.6 is 11.8 Å². The van der Waals surface area contributed by atoms with Gasteiger partial charge in [0.25, 0.3) is 8.32 Å². The molecule has 5 atom stereocenters. The van der Waals surface area contributed by atoms with Crippen molar-refractivity contribution in [2.45, 2.75) is 141 Å². The van der Waals surface area contributed by atoms with Gasteiger partial charge in [-0.15, -0.1) is 11.8 Å². The molecular formula is C39H59N3O7SSi. The molecular weight excluding hydrogens is 683 g/mol. The van der Waals surface area contributed by atoms with E-state index in [9.17, 15) is 15.1 Å². The van der Waals surface area contributed by atoms with Gasteiger partial charge in [0.1, 0.15) is 29.3 Å². The molecule has 3 rings (SSSR count). The van der Waals surface area contributed by atoms with Crippen LogP contribution in [0.4, 0.5) is 4.79 Å². The number of azide groups is 1. The van der Waals surface area contributed by atoms with Crippen LogP contribution in [0.3, 0.4) is 0 Å². The Bertz CT molecular complexity index is 1370. The molecule has 2 aromatic carbocycles. The first-order valence-corrected chi connectivity index (χ1v) is 21.3. The number of rotatable bonds is 17. The maximum atomic E-state index is 13.2. The molecule has 0 spiro atoms. The van der Waals surface area contributed by atoms with Crippen LogP contribution in [0.25, 0.3) is 10.4 Å². The van der Waals surface area contributed by atoms with Crippen LogP contribution in [-0.4, -0.2) is 68.2 Å². The van der Waals surface area contributed by atoms with Gasteiger partial charge in [-0.2, -0.15) is 0 Å². The van der Waals surface area contributed by atoms with E-state index in [-0.39, 0.29) is 11.6 Å². The highest BCUT2D eigenvalue weighted by molar-refractivity contribution is 7.99. The molecule has 0 radical (unpaired) electrons. The van der Waals surface area contributed by atoms with Crippen LogP contribution in [0.1, 0.15) is 101 Å². The minimum Gasteiger partial charge on any atom is -0.459 e. The third kappa shape index (κ3) is 12.0. The molecule has 0 saturated carbocycles. The Hall–Kier alpha value is -3.02. The SMILES string of the molecule is CCCCCCCCS[C@@H]1O[C@H](CO[Si](c2ccccc2)(c2ccccc2)C(C)(C)C)[C@@H](OC(=O)C(C)C)[C@@H](N=[N+]=[N-])[C@H]1OC(=O)OC(C)(C)C. The van der Waals surface area contributed by atoms with Gasteiger partial charge in [0.15, 0.2) is 6.10 Å². The van der Waals surface area contributed by atoms with Gasteiger partial charge in [-0.3, -0.25) is 4.79 Å². The Morgan fingerprint density at radius 3 is 1.96 bits per heavy atom. The molecule has 0 N–H and O–H groups in total. The summed E-state index contributed by atoms with van der Waals surface area (Å²) < 4.78 is 31.6. The summed E-state index contributed by atoms with van der Waals surface area (Å²) in [7, 11) is -3.04. The minimum atomic E-state index is -3.04. The van der Waals surface area contributed by atoms with Crippen molar-refractivity contribution in [2.24, 2.45) is 11.0 Å². The van der Waals surface area contributed by atoms with E-state index in [1.54, 1.807) is 34.6 Å². The lowest BCUT2D eigenvalue weighted by Crippen LogP contribution is -2.68. The number of benzene rings is 2. The van der Waals surface area contributed by atoms with E-state index in [4.69, 9.17) is 23.4 Å². The van der Waals surface area contributed by atoms with Crippen molar-refractivity contribution in [3.8, 4) is 0 Å². The first-order chi connectivity index (χ1) is 24.1. The van der Waals surface area contributed by atoms with Crippen molar-refractivity contribution in [1.82, 2.24) is 0 Å². The van der Waals surface area contributed by atoms with E-state index >= 15 is 0 Å². The fourth-order valence-electron chi connectivity index (χ4n) is 6.33. The van der Waals surface area contributed by atoms with Crippen LogP contribution in [-0.2, 0) is 28.2 Å².